The van der Waals surface area contributed by atoms with E-state index in [0.717, 1.165) is 25.8 Å². The highest BCUT2D eigenvalue weighted by atomic mass is 32.2. The molecular formula is C19H19N3O2S2. The Bertz CT molecular complexity index is 966. The fraction of sp³-hybridized carbons (Fsp3) is 0.211. The van der Waals surface area contributed by atoms with Gasteiger partial charge in [0, 0.05) is 24.7 Å². The maximum Gasteiger partial charge on any atom is 0.256 e. The third-order valence-electron chi connectivity index (χ3n) is 3.73. The van der Waals surface area contributed by atoms with Crippen molar-refractivity contribution in [3.8, 4) is 0 Å². The van der Waals surface area contributed by atoms with Gasteiger partial charge in [0.25, 0.3) is 5.91 Å². The topological polar surface area (TPSA) is 62.3 Å². The molecule has 5 nitrogen and oxygen atoms in total. The first-order chi connectivity index (χ1) is 12.4. The molecule has 3 rings (SSSR count). The lowest BCUT2D eigenvalue weighted by atomic mass is 10.2. The number of anilines is 1. The normalized spacial score (nSPS) is 10.7. The standard InChI is InChI=1S/C19H19N3O2S2/c1-12-20-15-9-8-13(10-17(15)26-12)21-19(24)14-6-4-5-7-16(14)25-11-18(23)22(2)3/h4-10H,11H2,1-3H3,(H,21,24). The molecule has 0 unspecified atom stereocenters. The Balaban J connectivity index is 1.77. The molecule has 0 aliphatic carbocycles. The fourth-order valence-corrected chi connectivity index (χ4v) is 4.26. The molecule has 1 heterocycles. The van der Waals surface area contributed by atoms with Crippen LogP contribution in [0.2, 0.25) is 0 Å². The molecule has 0 spiro atoms. The van der Waals surface area contributed by atoms with E-state index in [2.05, 4.69) is 10.3 Å². The second-order valence-corrected chi connectivity index (χ2v) is 8.19. The monoisotopic (exact) mass is 385 g/mol. The van der Waals surface area contributed by atoms with Crippen LogP contribution in [-0.2, 0) is 4.79 Å². The lowest BCUT2D eigenvalue weighted by Gasteiger charge is -2.12. The predicted molar refractivity (Wildman–Crippen MR) is 108 cm³/mol. The van der Waals surface area contributed by atoms with E-state index >= 15 is 0 Å². The molecule has 2 aromatic carbocycles. The Morgan fingerprint density at radius 3 is 2.73 bits per heavy atom. The maximum atomic E-state index is 12.7. The number of carbonyl (C=O) groups is 2. The van der Waals surface area contributed by atoms with Crippen LogP contribution in [0.15, 0.2) is 47.4 Å². The molecule has 7 heteroatoms. The summed E-state index contributed by atoms with van der Waals surface area (Å²) in [6.45, 7) is 1.96. The van der Waals surface area contributed by atoms with Crippen LogP contribution < -0.4 is 5.32 Å². The predicted octanol–water partition coefficient (Wildman–Crippen LogP) is 4.04. The molecule has 0 fully saturated rings. The molecule has 0 aliphatic heterocycles. The minimum atomic E-state index is -0.189. The van der Waals surface area contributed by atoms with Gasteiger partial charge in [0.05, 0.1) is 26.5 Å². The average molecular weight is 386 g/mol. The van der Waals surface area contributed by atoms with Crippen molar-refractivity contribution in [1.82, 2.24) is 9.88 Å². The first-order valence-electron chi connectivity index (χ1n) is 8.04. The summed E-state index contributed by atoms with van der Waals surface area (Å²) in [6.07, 6.45) is 0. The number of aromatic nitrogens is 1. The molecule has 0 aliphatic rings. The van der Waals surface area contributed by atoms with Gasteiger partial charge in [-0.1, -0.05) is 12.1 Å². The highest BCUT2D eigenvalue weighted by Gasteiger charge is 2.14. The van der Waals surface area contributed by atoms with Gasteiger partial charge in [-0.25, -0.2) is 4.98 Å². The number of rotatable bonds is 5. The van der Waals surface area contributed by atoms with Gasteiger partial charge in [-0.15, -0.1) is 23.1 Å². The number of fused-ring (bicyclic) bond motifs is 1. The van der Waals surface area contributed by atoms with Crippen LogP contribution in [0.1, 0.15) is 15.4 Å². The Labute approximate surface area is 160 Å². The van der Waals surface area contributed by atoms with Crippen LogP contribution in [0.25, 0.3) is 10.2 Å². The average Bonchev–Trinajstić information content (AvgIpc) is 2.99. The molecule has 1 aromatic heterocycles. The Kier molecular flexibility index (Phi) is 5.58. The summed E-state index contributed by atoms with van der Waals surface area (Å²) in [6, 6.07) is 13.0. The second-order valence-electron chi connectivity index (χ2n) is 5.94. The van der Waals surface area contributed by atoms with Crippen molar-refractivity contribution in [3.63, 3.8) is 0 Å². The molecular weight excluding hydrogens is 366 g/mol. The zero-order valence-corrected chi connectivity index (χ0v) is 16.4. The van der Waals surface area contributed by atoms with E-state index in [4.69, 9.17) is 0 Å². The van der Waals surface area contributed by atoms with Crippen LogP contribution in [0.4, 0.5) is 5.69 Å². The largest absolute Gasteiger partial charge is 0.348 e. The minimum absolute atomic E-state index is 0.0104. The number of nitrogens with one attached hydrogen (secondary N) is 1. The number of thioether (sulfide) groups is 1. The zero-order chi connectivity index (χ0) is 18.7. The van der Waals surface area contributed by atoms with Crippen LogP contribution in [-0.4, -0.2) is 41.5 Å². The van der Waals surface area contributed by atoms with E-state index < -0.39 is 0 Å². The molecule has 0 saturated heterocycles. The molecule has 134 valence electrons. The zero-order valence-electron chi connectivity index (χ0n) is 14.8. The number of nitrogens with zero attached hydrogens (tertiary/aromatic N) is 2. The molecule has 0 radical (unpaired) electrons. The number of amides is 2. The van der Waals surface area contributed by atoms with E-state index in [1.807, 2.05) is 43.3 Å². The van der Waals surface area contributed by atoms with Gasteiger partial charge in [0.2, 0.25) is 5.91 Å². The van der Waals surface area contributed by atoms with E-state index in [1.54, 1.807) is 36.4 Å². The quantitative estimate of drug-likeness (QED) is 0.674. The van der Waals surface area contributed by atoms with Gasteiger partial charge in [0.1, 0.15) is 0 Å². The second kappa shape index (κ2) is 7.88. The molecule has 1 N–H and O–H groups in total. The maximum absolute atomic E-state index is 12.7. The minimum Gasteiger partial charge on any atom is -0.348 e. The first-order valence-corrected chi connectivity index (χ1v) is 9.85. The number of aryl methyl sites for hydroxylation is 1. The van der Waals surface area contributed by atoms with E-state index in [9.17, 15) is 9.59 Å². The summed E-state index contributed by atoms with van der Waals surface area (Å²) in [4.78, 5) is 31.3. The summed E-state index contributed by atoms with van der Waals surface area (Å²) < 4.78 is 1.04. The lowest BCUT2D eigenvalue weighted by Crippen LogP contribution is -2.23. The lowest BCUT2D eigenvalue weighted by molar-refractivity contribution is -0.125. The first kappa shape index (κ1) is 18.4. The Morgan fingerprint density at radius 1 is 1.19 bits per heavy atom. The highest BCUT2D eigenvalue weighted by molar-refractivity contribution is 8.00. The number of carbonyl (C=O) groups excluding carboxylic acids is 2. The Morgan fingerprint density at radius 2 is 1.96 bits per heavy atom. The molecule has 0 saturated carbocycles. The SMILES string of the molecule is Cc1nc2ccc(NC(=O)c3ccccc3SCC(=O)N(C)C)cc2s1. The van der Waals surface area contributed by atoms with Crippen LogP contribution >= 0.6 is 23.1 Å². The van der Waals surface area contributed by atoms with E-state index in [-0.39, 0.29) is 11.8 Å². The van der Waals surface area contributed by atoms with Crippen LogP contribution in [0.5, 0.6) is 0 Å². The number of hydrogen-bond donors (Lipinski definition) is 1. The van der Waals surface area contributed by atoms with Crippen molar-refractivity contribution in [2.24, 2.45) is 0 Å². The smallest absolute Gasteiger partial charge is 0.256 e. The Hall–Kier alpha value is -2.38. The van der Waals surface area contributed by atoms with Gasteiger partial charge < -0.3 is 10.2 Å². The third kappa shape index (κ3) is 4.23. The van der Waals surface area contributed by atoms with E-state index in [1.165, 1.54) is 11.8 Å². The molecule has 26 heavy (non-hydrogen) atoms. The van der Waals surface area contributed by atoms with Crippen molar-refractivity contribution in [2.75, 3.05) is 25.2 Å². The van der Waals surface area contributed by atoms with Crippen molar-refractivity contribution >= 4 is 50.8 Å². The molecule has 2 amide bonds. The van der Waals surface area contributed by atoms with E-state index in [0.29, 0.717) is 11.3 Å². The van der Waals surface area contributed by atoms with Crippen molar-refractivity contribution in [3.05, 3.63) is 53.0 Å². The summed E-state index contributed by atoms with van der Waals surface area (Å²) >= 11 is 2.97. The molecule has 0 bridgehead atoms. The van der Waals surface area contributed by atoms with Gasteiger partial charge in [-0.3, -0.25) is 9.59 Å². The van der Waals surface area contributed by atoms with Crippen molar-refractivity contribution < 1.29 is 9.59 Å². The number of benzene rings is 2. The summed E-state index contributed by atoms with van der Waals surface area (Å²) in [5.74, 6) is 0.117. The van der Waals surface area contributed by atoms with Gasteiger partial charge in [-0.2, -0.15) is 0 Å². The summed E-state index contributed by atoms with van der Waals surface area (Å²) in [5.41, 5.74) is 2.23. The number of hydrogen-bond acceptors (Lipinski definition) is 5. The fourth-order valence-electron chi connectivity index (χ4n) is 2.36. The van der Waals surface area contributed by atoms with Crippen molar-refractivity contribution in [2.45, 2.75) is 11.8 Å². The third-order valence-corrected chi connectivity index (χ3v) is 5.73. The van der Waals surface area contributed by atoms with Crippen LogP contribution in [0.3, 0.4) is 0 Å². The number of thiazole rings is 1. The van der Waals surface area contributed by atoms with Gasteiger partial charge in [-0.05, 0) is 37.3 Å². The van der Waals surface area contributed by atoms with Crippen molar-refractivity contribution in [1.29, 1.82) is 0 Å². The van der Waals surface area contributed by atoms with Gasteiger partial charge in [0.15, 0.2) is 0 Å². The van der Waals surface area contributed by atoms with Crippen LogP contribution in [0, 0.1) is 6.92 Å². The highest BCUT2D eigenvalue weighted by Crippen LogP contribution is 2.27. The van der Waals surface area contributed by atoms with Gasteiger partial charge >= 0.3 is 0 Å². The summed E-state index contributed by atoms with van der Waals surface area (Å²) in [5, 5.41) is 3.94. The molecule has 0 atom stereocenters. The summed E-state index contributed by atoms with van der Waals surface area (Å²) in [7, 11) is 3.44. The molecule has 3 aromatic rings.